The Kier molecular flexibility index (Phi) is 6.89. The third-order valence-electron chi connectivity index (χ3n) is 5.21. The van der Waals surface area contributed by atoms with Gasteiger partial charge in [-0.25, -0.2) is 8.42 Å². The highest BCUT2D eigenvalue weighted by molar-refractivity contribution is 7.89. The summed E-state index contributed by atoms with van der Waals surface area (Å²) in [7, 11) is -1.87. The molecule has 3 rings (SSSR count). The molecule has 0 aromatic heterocycles. The molecule has 1 atom stereocenters. The number of methoxy groups -OCH3 is 1. The highest BCUT2D eigenvalue weighted by Gasteiger charge is 2.31. The van der Waals surface area contributed by atoms with Crippen LogP contribution < -0.4 is 10.1 Å². The van der Waals surface area contributed by atoms with Gasteiger partial charge in [-0.15, -0.1) is 0 Å². The molecule has 8 heteroatoms. The Bertz CT molecular complexity index is 909. The number of hydrogen-bond acceptors (Lipinski definition) is 5. The lowest BCUT2D eigenvalue weighted by Crippen LogP contribution is -2.54. The summed E-state index contributed by atoms with van der Waals surface area (Å²) in [6.07, 6.45) is 0. The van der Waals surface area contributed by atoms with Crippen LogP contribution in [-0.2, 0) is 21.4 Å². The number of rotatable bonds is 7. The average Bonchev–Trinajstić information content (AvgIpc) is 2.78. The highest BCUT2D eigenvalue weighted by atomic mass is 32.2. The summed E-state index contributed by atoms with van der Waals surface area (Å²) >= 11 is 0. The molecule has 1 aliphatic rings. The lowest BCUT2D eigenvalue weighted by molar-refractivity contribution is -0.126. The maximum Gasteiger partial charge on any atom is 0.243 e. The third-order valence-corrected chi connectivity index (χ3v) is 7.12. The predicted octanol–water partition coefficient (Wildman–Crippen LogP) is 1.71. The number of nitrogens with one attached hydrogen (secondary N) is 1. The number of piperazine rings is 1. The topological polar surface area (TPSA) is 79.0 Å². The molecule has 1 N–H and O–H groups in total. The zero-order valence-electron chi connectivity index (χ0n) is 16.7. The van der Waals surface area contributed by atoms with Crippen molar-refractivity contribution in [3.63, 3.8) is 0 Å². The van der Waals surface area contributed by atoms with Gasteiger partial charge in [0.1, 0.15) is 5.75 Å². The molecule has 2 aromatic carbocycles. The molecule has 0 bridgehead atoms. The van der Waals surface area contributed by atoms with E-state index in [4.69, 9.17) is 4.74 Å². The summed E-state index contributed by atoms with van der Waals surface area (Å²) in [5, 5.41) is 2.95. The predicted molar refractivity (Wildman–Crippen MR) is 111 cm³/mol. The molecule has 29 heavy (non-hydrogen) atoms. The highest BCUT2D eigenvalue weighted by Crippen LogP contribution is 2.18. The van der Waals surface area contributed by atoms with Crippen LogP contribution in [0.2, 0.25) is 0 Å². The summed E-state index contributed by atoms with van der Waals surface area (Å²) in [4.78, 5) is 14.8. The van der Waals surface area contributed by atoms with Gasteiger partial charge >= 0.3 is 0 Å². The molecule has 0 saturated carbocycles. The Morgan fingerprint density at radius 3 is 2.24 bits per heavy atom. The van der Waals surface area contributed by atoms with Crippen molar-refractivity contribution in [3.05, 3.63) is 60.2 Å². The van der Waals surface area contributed by atoms with Crippen LogP contribution in [0.4, 0.5) is 0 Å². The first-order chi connectivity index (χ1) is 13.9. The van der Waals surface area contributed by atoms with Crippen molar-refractivity contribution in [2.24, 2.45) is 0 Å². The molecule has 156 valence electrons. The quantitative estimate of drug-likeness (QED) is 0.742. The number of benzene rings is 2. The SMILES string of the molecule is COc1ccc(CNC(=O)[C@@H](C)N2CCN(S(=O)(=O)c3ccccc3)CC2)cc1. The molecule has 0 spiro atoms. The number of sulfonamides is 1. The van der Waals surface area contributed by atoms with Crippen LogP contribution >= 0.6 is 0 Å². The molecule has 0 aliphatic carbocycles. The van der Waals surface area contributed by atoms with E-state index in [1.807, 2.05) is 36.1 Å². The third kappa shape index (κ3) is 5.14. The van der Waals surface area contributed by atoms with Gasteiger partial charge in [-0.05, 0) is 36.8 Å². The summed E-state index contributed by atoms with van der Waals surface area (Å²) in [6.45, 7) is 4.06. The number of nitrogens with zero attached hydrogens (tertiary/aromatic N) is 2. The molecule has 0 unspecified atom stereocenters. The number of carbonyl (C=O) groups excluding carboxylic acids is 1. The number of ether oxygens (including phenoxy) is 1. The lowest BCUT2D eigenvalue weighted by Gasteiger charge is -2.36. The van der Waals surface area contributed by atoms with Crippen molar-refractivity contribution in [1.82, 2.24) is 14.5 Å². The minimum Gasteiger partial charge on any atom is -0.497 e. The lowest BCUT2D eigenvalue weighted by atomic mass is 10.2. The van der Waals surface area contributed by atoms with Gasteiger partial charge in [0, 0.05) is 32.7 Å². The van der Waals surface area contributed by atoms with Crippen molar-refractivity contribution in [2.75, 3.05) is 33.3 Å². The largest absolute Gasteiger partial charge is 0.497 e. The minimum absolute atomic E-state index is 0.0693. The van der Waals surface area contributed by atoms with Crippen LogP contribution in [0, 0.1) is 0 Å². The van der Waals surface area contributed by atoms with Crippen molar-refractivity contribution in [1.29, 1.82) is 0 Å². The van der Waals surface area contributed by atoms with E-state index < -0.39 is 10.0 Å². The van der Waals surface area contributed by atoms with Crippen LogP contribution in [0.25, 0.3) is 0 Å². The van der Waals surface area contributed by atoms with Gasteiger partial charge in [0.25, 0.3) is 0 Å². The van der Waals surface area contributed by atoms with E-state index in [-0.39, 0.29) is 11.9 Å². The van der Waals surface area contributed by atoms with E-state index in [1.54, 1.807) is 37.4 Å². The molecule has 2 aromatic rings. The Morgan fingerprint density at radius 1 is 1.03 bits per heavy atom. The van der Waals surface area contributed by atoms with Crippen molar-refractivity contribution < 1.29 is 17.9 Å². The molecule has 7 nitrogen and oxygen atoms in total. The number of hydrogen-bond donors (Lipinski definition) is 1. The summed E-state index contributed by atoms with van der Waals surface area (Å²) < 4.78 is 32.1. The zero-order valence-corrected chi connectivity index (χ0v) is 17.6. The first-order valence-corrected chi connectivity index (χ1v) is 11.1. The summed E-state index contributed by atoms with van der Waals surface area (Å²) in [5.74, 6) is 0.706. The van der Waals surface area contributed by atoms with Gasteiger partial charge in [-0.3, -0.25) is 9.69 Å². The van der Waals surface area contributed by atoms with Crippen LogP contribution in [0.3, 0.4) is 0 Å². The van der Waals surface area contributed by atoms with Gasteiger partial charge in [-0.2, -0.15) is 4.31 Å². The number of amides is 1. The first-order valence-electron chi connectivity index (χ1n) is 9.61. The maximum atomic E-state index is 12.7. The van der Waals surface area contributed by atoms with Gasteiger partial charge in [0.05, 0.1) is 18.0 Å². The molecular formula is C21H27N3O4S. The maximum absolute atomic E-state index is 12.7. The average molecular weight is 418 g/mol. The fourth-order valence-electron chi connectivity index (χ4n) is 3.32. The van der Waals surface area contributed by atoms with Gasteiger partial charge in [0.15, 0.2) is 0 Å². The van der Waals surface area contributed by atoms with Gasteiger partial charge in [0.2, 0.25) is 15.9 Å². The Labute approximate surface area is 172 Å². The molecule has 1 fully saturated rings. The molecule has 1 amide bonds. The van der Waals surface area contributed by atoms with Crippen molar-refractivity contribution >= 4 is 15.9 Å². The minimum atomic E-state index is -3.49. The second kappa shape index (κ2) is 9.39. The Hall–Kier alpha value is -2.42. The Balaban J connectivity index is 1.51. The second-order valence-corrected chi connectivity index (χ2v) is 8.93. The molecule has 0 radical (unpaired) electrons. The first kappa shape index (κ1) is 21.3. The normalized spacial score (nSPS) is 16.9. The van der Waals surface area contributed by atoms with E-state index in [0.717, 1.165) is 11.3 Å². The second-order valence-electron chi connectivity index (χ2n) is 6.99. The van der Waals surface area contributed by atoms with Gasteiger partial charge < -0.3 is 10.1 Å². The monoisotopic (exact) mass is 417 g/mol. The van der Waals surface area contributed by atoms with Crippen LogP contribution in [0.1, 0.15) is 12.5 Å². The molecule has 1 aliphatic heterocycles. The molecular weight excluding hydrogens is 390 g/mol. The van der Waals surface area contributed by atoms with Crippen molar-refractivity contribution in [3.8, 4) is 5.75 Å². The van der Waals surface area contributed by atoms with E-state index in [2.05, 4.69) is 5.32 Å². The van der Waals surface area contributed by atoms with Crippen molar-refractivity contribution in [2.45, 2.75) is 24.4 Å². The van der Waals surface area contributed by atoms with Crippen LogP contribution in [0.5, 0.6) is 5.75 Å². The summed E-state index contributed by atoms with van der Waals surface area (Å²) in [5.41, 5.74) is 0.991. The fraction of sp³-hybridized carbons (Fsp3) is 0.381. The van der Waals surface area contributed by atoms with E-state index in [0.29, 0.717) is 37.6 Å². The van der Waals surface area contributed by atoms with E-state index in [1.165, 1.54) is 4.31 Å². The zero-order chi connectivity index (χ0) is 20.9. The van der Waals surface area contributed by atoms with Gasteiger partial charge in [-0.1, -0.05) is 30.3 Å². The smallest absolute Gasteiger partial charge is 0.243 e. The van der Waals surface area contributed by atoms with E-state index in [9.17, 15) is 13.2 Å². The molecule has 1 heterocycles. The Morgan fingerprint density at radius 2 is 1.66 bits per heavy atom. The number of carbonyl (C=O) groups is 1. The van der Waals surface area contributed by atoms with Crippen LogP contribution in [-0.4, -0.2) is 62.9 Å². The van der Waals surface area contributed by atoms with Crippen LogP contribution in [0.15, 0.2) is 59.5 Å². The summed E-state index contributed by atoms with van der Waals surface area (Å²) in [6, 6.07) is 15.7. The van der Waals surface area contributed by atoms with E-state index >= 15 is 0 Å². The molecule has 1 saturated heterocycles. The fourth-order valence-corrected chi connectivity index (χ4v) is 4.76. The standard InChI is InChI=1S/C21H27N3O4S/c1-17(21(25)22-16-18-8-10-19(28-2)11-9-18)23-12-14-24(15-13-23)29(26,27)20-6-4-3-5-7-20/h3-11,17H,12-16H2,1-2H3,(H,22,25)/t17-/m1/s1.